The molecule has 2 rings (SSSR count). The normalized spacial score (nSPS) is 17.8. The summed E-state index contributed by atoms with van der Waals surface area (Å²) in [4.78, 5) is 0. The zero-order valence-electron chi connectivity index (χ0n) is 12.4. The Morgan fingerprint density at radius 3 is 2.75 bits per heavy atom. The number of para-hydroxylation sites is 1. The number of nitrogens with two attached hydrogens (primary N) is 1. The first kappa shape index (κ1) is 15.1. The van der Waals surface area contributed by atoms with Crippen molar-refractivity contribution < 1.29 is 14.2 Å². The molecule has 1 aromatic rings. The van der Waals surface area contributed by atoms with Crippen molar-refractivity contribution in [2.45, 2.75) is 44.8 Å². The zero-order valence-corrected chi connectivity index (χ0v) is 12.4. The van der Waals surface area contributed by atoms with Crippen molar-refractivity contribution >= 4 is 0 Å². The van der Waals surface area contributed by atoms with E-state index in [9.17, 15) is 0 Å². The van der Waals surface area contributed by atoms with Crippen LogP contribution in [-0.2, 0) is 11.2 Å². The van der Waals surface area contributed by atoms with Crippen molar-refractivity contribution in [2.24, 2.45) is 5.73 Å². The molecule has 0 bridgehead atoms. The van der Waals surface area contributed by atoms with Crippen LogP contribution in [0.3, 0.4) is 0 Å². The Bertz CT molecular complexity index is 416. The molecule has 4 heteroatoms. The molecule has 0 spiro atoms. The van der Waals surface area contributed by atoms with Crippen LogP contribution in [-0.4, -0.2) is 32.5 Å². The molecular formula is C16H25NO3. The van der Waals surface area contributed by atoms with Crippen molar-refractivity contribution in [3.8, 4) is 11.5 Å². The van der Waals surface area contributed by atoms with E-state index in [1.807, 2.05) is 12.1 Å². The molecule has 1 saturated heterocycles. The molecule has 0 saturated carbocycles. The minimum atomic E-state index is 0.152. The van der Waals surface area contributed by atoms with Crippen LogP contribution in [0.1, 0.15) is 31.7 Å². The van der Waals surface area contributed by atoms with Gasteiger partial charge in [-0.05, 0) is 24.5 Å². The van der Waals surface area contributed by atoms with Gasteiger partial charge in [0.15, 0.2) is 11.5 Å². The van der Waals surface area contributed by atoms with Crippen molar-refractivity contribution in [2.75, 3.05) is 20.3 Å². The van der Waals surface area contributed by atoms with Crippen molar-refractivity contribution in [1.29, 1.82) is 0 Å². The smallest absolute Gasteiger partial charge is 0.164 e. The highest BCUT2D eigenvalue weighted by Crippen LogP contribution is 2.34. The molecular weight excluding hydrogens is 254 g/mol. The summed E-state index contributed by atoms with van der Waals surface area (Å²) < 4.78 is 17.0. The number of methoxy groups -OCH3 is 1. The van der Waals surface area contributed by atoms with Gasteiger partial charge < -0.3 is 19.9 Å². The van der Waals surface area contributed by atoms with Crippen LogP contribution in [0, 0.1) is 0 Å². The van der Waals surface area contributed by atoms with E-state index < -0.39 is 0 Å². The Balaban J connectivity index is 2.17. The number of ether oxygens (including phenoxy) is 3. The van der Waals surface area contributed by atoms with Gasteiger partial charge in [0.2, 0.25) is 0 Å². The number of hydrogen-bond donors (Lipinski definition) is 1. The molecule has 1 fully saturated rings. The molecule has 0 radical (unpaired) electrons. The van der Waals surface area contributed by atoms with E-state index in [1.165, 1.54) is 0 Å². The van der Waals surface area contributed by atoms with E-state index in [1.54, 1.807) is 7.11 Å². The molecule has 1 aromatic carbocycles. The fourth-order valence-electron chi connectivity index (χ4n) is 2.40. The molecule has 1 atom stereocenters. The Morgan fingerprint density at radius 1 is 1.35 bits per heavy atom. The largest absolute Gasteiger partial charge is 0.493 e. The highest BCUT2D eigenvalue weighted by atomic mass is 16.5. The predicted molar refractivity (Wildman–Crippen MR) is 79.4 cm³/mol. The second-order valence-corrected chi connectivity index (χ2v) is 5.25. The zero-order chi connectivity index (χ0) is 14.4. The summed E-state index contributed by atoms with van der Waals surface area (Å²) in [5.41, 5.74) is 7.21. The molecule has 1 aliphatic rings. The van der Waals surface area contributed by atoms with E-state index >= 15 is 0 Å². The first-order chi connectivity index (χ1) is 9.74. The third kappa shape index (κ3) is 3.87. The molecule has 1 heterocycles. The molecule has 4 nitrogen and oxygen atoms in total. The molecule has 0 aliphatic carbocycles. The maximum atomic E-state index is 6.19. The predicted octanol–water partition coefficient (Wildman–Crippen LogP) is 2.53. The van der Waals surface area contributed by atoms with Crippen LogP contribution in [0.15, 0.2) is 18.2 Å². The number of rotatable bonds is 6. The van der Waals surface area contributed by atoms with Gasteiger partial charge in [-0.1, -0.05) is 19.1 Å². The second-order valence-electron chi connectivity index (χ2n) is 5.25. The van der Waals surface area contributed by atoms with Crippen molar-refractivity contribution in [3.05, 3.63) is 23.8 Å². The third-order valence-corrected chi connectivity index (χ3v) is 3.74. The summed E-state index contributed by atoms with van der Waals surface area (Å²) in [7, 11) is 1.68. The van der Waals surface area contributed by atoms with Gasteiger partial charge in [-0.25, -0.2) is 0 Å². The molecule has 0 aromatic heterocycles. The number of benzene rings is 1. The van der Waals surface area contributed by atoms with E-state index in [0.717, 1.165) is 56.0 Å². The van der Waals surface area contributed by atoms with E-state index in [4.69, 9.17) is 19.9 Å². The lowest BCUT2D eigenvalue weighted by Gasteiger charge is -2.26. The highest BCUT2D eigenvalue weighted by Gasteiger charge is 2.20. The van der Waals surface area contributed by atoms with Crippen molar-refractivity contribution in [1.82, 2.24) is 0 Å². The highest BCUT2D eigenvalue weighted by molar-refractivity contribution is 5.47. The van der Waals surface area contributed by atoms with E-state index in [-0.39, 0.29) is 12.1 Å². The topological polar surface area (TPSA) is 53.7 Å². The molecule has 112 valence electrons. The summed E-state index contributed by atoms with van der Waals surface area (Å²) in [5.74, 6) is 1.64. The minimum Gasteiger partial charge on any atom is -0.493 e. The monoisotopic (exact) mass is 279 g/mol. The summed E-state index contributed by atoms with van der Waals surface area (Å²) in [5, 5.41) is 0. The third-order valence-electron chi connectivity index (χ3n) is 3.74. The van der Waals surface area contributed by atoms with E-state index in [2.05, 4.69) is 13.0 Å². The summed E-state index contributed by atoms with van der Waals surface area (Å²) in [6.07, 6.45) is 3.83. The van der Waals surface area contributed by atoms with Gasteiger partial charge in [0.25, 0.3) is 0 Å². The van der Waals surface area contributed by atoms with Gasteiger partial charge in [-0.15, -0.1) is 0 Å². The summed E-state index contributed by atoms with van der Waals surface area (Å²) >= 11 is 0. The average molecular weight is 279 g/mol. The summed E-state index contributed by atoms with van der Waals surface area (Å²) in [6.45, 7) is 3.64. The maximum Gasteiger partial charge on any atom is 0.164 e. The maximum absolute atomic E-state index is 6.19. The quantitative estimate of drug-likeness (QED) is 0.869. The minimum absolute atomic E-state index is 0.152. The second kappa shape index (κ2) is 7.50. The van der Waals surface area contributed by atoms with Gasteiger partial charge in [0.1, 0.15) is 6.10 Å². The lowest BCUT2D eigenvalue weighted by molar-refractivity contribution is 0.0241. The average Bonchev–Trinajstić information content (AvgIpc) is 2.49. The Hall–Kier alpha value is -1.26. The van der Waals surface area contributed by atoms with Crippen LogP contribution in [0.4, 0.5) is 0 Å². The van der Waals surface area contributed by atoms with E-state index in [0.29, 0.717) is 0 Å². The first-order valence-electron chi connectivity index (χ1n) is 7.40. The van der Waals surface area contributed by atoms with Crippen LogP contribution < -0.4 is 15.2 Å². The lowest BCUT2D eigenvalue weighted by Crippen LogP contribution is -2.27. The van der Waals surface area contributed by atoms with Gasteiger partial charge >= 0.3 is 0 Å². The molecule has 1 unspecified atom stereocenters. The Kier molecular flexibility index (Phi) is 5.68. The van der Waals surface area contributed by atoms with Crippen molar-refractivity contribution in [3.63, 3.8) is 0 Å². The number of hydrogen-bond acceptors (Lipinski definition) is 4. The fourth-order valence-corrected chi connectivity index (χ4v) is 2.40. The lowest BCUT2D eigenvalue weighted by atomic mass is 10.0. The van der Waals surface area contributed by atoms with Crippen LogP contribution in [0.2, 0.25) is 0 Å². The van der Waals surface area contributed by atoms with Crippen LogP contribution in [0.5, 0.6) is 11.5 Å². The van der Waals surface area contributed by atoms with Gasteiger partial charge in [-0.2, -0.15) is 0 Å². The van der Waals surface area contributed by atoms with Crippen LogP contribution >= 0.6 is 0 Å². The van der Waals surface area contributed by atoms with Gasteiger partial charge in [0.05, 0.1) is 20.3 Å². The molecule has 20 heavy (non-hydrogen) atoms. The van der Waals surface area contributed by atoms with Crippen LogP contribution in [0.25, 0.3) is 0 Å². The van der Waals surface area contributed by atoms with Gasteiger partial charge in [0, 0.05) is 18.9 Å². The standard InChI is InChI=1S/C16H25NO3/c1-3-13(17)11-12-5-4-6-15(18-2)16(12)20-14-7-9-19-10-8-14/h4-6,13-14H,3,7-11,17H2,1-2H3. The first-order valence-corrected chi connectivity index (χ1v) is 7.40. The van der Waals surface area contributed by atoms with Gasteiger partial charge in [-0.3, -0.25) is 0 Å². The Morgan fingerprint density at radius 2 is 2.10 bits per heavy atom. The molecule has 1 aliphatic heterocycles. The summed E-state index contributed by atoms with van der Waals surface area (Å²) in [6, 6.07) is 6.16. The molecule has 0 amide bonds. The SMILES string of the molecule is CCC(N)Cc1cccc(OC)c1OC1CCOCC1. The Labute approximate surface area is 121 Å². The fraction of sp³-hybridized carbons (Fsp3) is 0.625. The molecule has 2 N–H and O–H groups in total.